The summed E-state index contributed by atoms with van der Waals surface area (Å²) in [7, 11) is 0. The SMILES string of the molecule is O=CC#CC1=C=CC=C(Cl)C=C1. The van der Waals surface area contributed by atoms with Crippen LogP contribution in [0.2, 0.25) is 0 Å². The normalized spacial score (nSPS) is 13.8. The standard InChI is InChI=1S/C10H5ClO/c11-10-5-1-3-9(6-7-10)4-2-8-12/h1,5-8H. The van der Waals surface area contributed by atoms with Gasteiger partial charge in [0.1, 0.15) is 0 Å². The lowest BCUT2D eigenvalue weighted by Gasteiger charge is -1.81. The van der Waals surface area contributed by atoms with Gasteiger partial charge in [0.2, 0.25) is 0 Å². The summed E-state index contributed by atoms with van der Waals surface area (Å²) in [5.41, 5.74) is 3.51. The van der Waals surface area contributed by atoms with Crippen molar-refractivity contribution in [1.29, 1.82) is 0 Å². The zero-order chi connectivity index (χ0) is 8.81. The predicted molar refractivity (Wildman–Crippen MR) is 48.5 cm³/mol. The molecule has 0 fully saturated rings. The number of hydrogen-bond donors (Lipinski definition) is 0. The van der Waals surface area contributed by atoms with E-state index in [9.17, 15) is 4.79 Å². The van der Waals surface area contributed by atoms with E-state index in [1.54, 1.807) is 24.3 Å². The third-order valence-corrected chi connectivity index (χ3v) is 1.41. The van der Waals surface area contributed by atoms with Gasteiger partial charge in [0.15, 0.2) is 6.29 Å². The minimum Gasteiger partial charge on any atom is -0.289 e. The molecule has 0 heterocycles. The van der Waals surface area contributed by atoms with Gasteiger partial charge in [-0.1, -0.05) is 17.5 Å². The second kappa shape index (κ2) is 4.41. The zero-order valence-corrected chi connectivity index (χ0v) is 6.93. The summed E-state index contributed by atoms with van der Waals surface area (Å²) in [5.74, 6) is 4.90. The molecule has 0 N–H and O–H groups in total. The highest BCUT2D eigenvalue weighted by molar-refractivity contribution is 6.31. The van der Waals surface area contributed by atoms with E-state index in [0.29, 0.717) is 16.9 Å². The molecule has 0 amide bonds. The second-order valence-corrected chi connectivity index (χ2v) is 2.43. The lowest BCUT2D eigenvalue weighted by molar-refractivity contribution is -0.103. The van der Waals surface area contributed by atoms with Crippen molar-refractivity contribution in [2.24, 2.45) is 0 Å². The Morgan fingerprint density at radius 1 is 1.50 bits per heavy atom. The molecular formula is C10H5ClO. The molecule has 12 heavy (non-hydrogen) atoms. The molecule has 0 bridgehead atoms. The van der Waals surface area contributed by atoms with Gasteiger partial charge in [-0.05, 0) is 30.2 Å². The number of aldehydes is 1. The molecule has 1 nitrogen and oxygen atoms in total. The van der Waals surface area contributed by atoms with Crippen molar-refractivity contribution >= 4 is 17.9 Å². The van der Waals surface area contributed by atoms with Gasteiger partial charge in [0.25, 0.3) is 0 Å². The molecule has 0 atom stereocenters. The maximum Gasteiger partial charge on any atom is 0.193 e. The van der Waals surface area contributed by atoms with Crippen molar-refractivity contribution in [2.45, 2.75) is 0 Å². The average molecular weight is 177 g/mol. The molecule has 1 aliphatic rings. The second-order valence-electron chi connectivity index (χ2n) is 2.00. The predicted octanol–water partition coefficient (Wildman–Crippen LogP) is 1.96. The number of allylic oxidation sites excluding steroid dienone is 5. The van der Waals surface area contributed by atoms with Gasteiger partial charge in [-0.25, -0.2) is 0 Å². The maximum absolute atomic E-state index is 9.91. The summed E-state index contributed by atoms with van der Waals surface area (Å²) in [6, 6.07) is 0. The molecule has 0 aliphatic heterocycles. The summed E-state index contributed by atoms with van der Waals surface area (Å²) in [6.45, 7) is 0. The summed E-state index contributed by atoms with van der Waals surface area (Å²) in [6.07, 6.45) is 7.32. The van der Waals surface area contributed by atoms with Crippen LogP contribution in [0.1, 0.15) is 0 Å². The zero-order valence-electron chi connectivity index (χ0n) is 6.17. The van der Waals surface area contributed by atoms with Gasteiger partial charge in [0.05, 0.1) is 5.57 Å². The summed E-state index contributed by atoms with van der Waals surface area (Å²) >= 11 is 5.69. The van der Waals surface area contributed by atoms with Crippen molar-refractivity contribution in [3.8, 4) is 11.8 Å². The Hall–Kier alpha value is -1.48. The third-order valence-electron chi connectivity index (χ3n) is 1.16. The Morgan fingerprint density at radius 3 is 3.08 bits per heavy atom. The third kappa shape index (κ3) is 2.64. The maximum atomic E-state index is 9.91. The van der Waals surface area contributed by atoms with Crippen LogP contribution in [0.25, 0.3) is 0 Å². The highest BCUT2D eigenvalue weighted by atomic mass is 35.5. The molecule has 0 spiro atoms. The number of carbonyl (C=O) groups excluding carboxylic acids is 1. The van der Waals surface area contributed by atoms with Crippen LogP contribution >= 0.6 is 11.6 Å². The topological polar surface area (TPSA) is 17.1 Å². The highest BCUT2D eigenvalue weighted by Gasteiger charge is 1.88. The van der Waals surface area contributed by atoms with E-state index >= 15 is 0 Å². The lowest BCUT2D eigenvalue weighted by atomic mass is 10.2. The van der Waals surface area contributed by atoms with Gasteiger partial charge in [-0.3, -0.25) is 4.79 Å². The lowest BCUT2D eigenvalue weighted by Crippen LogP contribution is -1.68. The van der Waals surface area contributed by atoms with Crippen LogP contribution in [0.5, 0.6) is 0 Å². The smallest absolute Gasteiger partial charge is 0.193 e. The molecular weight excluding hydrogens is 172 g/mol. The van der Waals surface area contributed by atoms with E-state index in [1.165, 1.54) is 0 Å². The van der Waals surface area contributed by atoms with Crippen LogP contribution in [0.4, 0.5) is 0 Å². The van der Waals surface area contributed by atoms with Crippen LogP contribution in [0.15, 0.2) is 40.6 Å². The Morgan fingerprint density at radius 2 is 2.33 bits per heavy atom. The molecule has 0 aromatic rings. The molecule has 0 saturated heterocycles. The number of hydrogen-bond acceptors (Lipinski definition) is 1. The van der Waals surface area contributed by atoms with Crippen molar-refractivity contribution in [1.82, 2.24) is 0 Å². The summed E-state index contributed by atoms with van der Waals surface area (Å²) < 4.78 is 0. The first-order valence-electron chi connectivity index (χ1n) is 3.28. The Balaban J connectivity index is 2.91. The molecule has 1 rings (SSSR count). The monoisotopic (exact) mass is 176 g/mol. The number of rotatable bonds is 0. The number of carbonyl (C=O) groups is 1. The van der Waals surface area contributed by atoms with Gasteiger partial charge < -0.3 is 0 Å². The van der Waals surface area contributed by atoms with Crippen molar-refractivity contribution in [3.05, 3.63) is 40.6 Å². The first kappa shape index (κ1) is 8.62. The molecule has 58 valence electrons. The van der Waals surface area contributed by atoms with E-state index in [1.807, 2.05) is 0 Å². The summed E-state index contributed by atoms with van der Waals surface area (Å²) in [4.78, 5) is 9.91. The van der Waals surface area contributed by atoms with Crippen LogP contribution in [0, 0.1) is 11.8 Å². The van der Waals surface area contributed by atoms with E-state index < -0.39 is 0 Å². The van der Waals surface area contributed by atoms with E-state index in [-0.39, 0.29) is 0 Å². The Labute approximate surface area is 75.7 Å². The number of halogens is 1. The first-order valence-corrected chi connectivity index (χ1v) is 3.66. The minimum atomic E-state index is 0.544. The van der Waals surface area contributed by atoms with Crippen molar-refractivity contribution in [3.63, 3.8) is 0 Å². The fraction of sp³-hybridized carbons (Fsp3) is 0. The van der Waals surface area contributed by atoms with Crippen LogP contribution in [-0.2, 0) is 4.79 Å². The van der Waals surface area contributed by atoms with Crippen LogP contribution in [0.3, 0.4) is 0 Å². The molecule has 2 heteroatoms. The fourth-order valence-corrected chi connectivity index (χ4v) is 0.789. The molecule has 0 unspecified atom stereocenters. The Bertz CT molecular complexity index is 368. The largest absolute Gasteiger partial charge is 0.289 e. The van der Waals surface area contributed by atoms with Gasteiger partial charge >= 0.3 is 0 Å². The fourth-order valence-electron chi connectivity index (χ4n) is 0.663. The average Bonchev–Trinajstić information content (AvgIpc) is 2.27. The molecule has 0 aromatic heterocycles. The molecule has 1 aliphatic carbocycles. The van der Waals surface area contributed by atoms with Crippen LogP contribution < -0.4 is 0 Å². The first-order chi connectivity index (χ1) is 5.83. The van der Waals surface area contributed by atoms with E-state index in [0.717, 1.165) is 0 Å². The van der Waals surface area contributed by atoms with Gasteiger partial charge in [-0.15, -0.1) is 5.73 Å². The highest BCUT2D eigenvalue weighted by Crippen LogP contribution is 2.08. The van der Waals surface area contributed by atoms with Crippen molar-refractivity contribution < 1.29 is 4.79 Å². The van der Waals surface area contributed by atoms with Gasteiger partial charge in [0, 0.05) is 5.03 Å². The molecule has 0 radical (unpaired) electrons. The molecule has 0 aromatic carbocycles. The summed E-state index contributed by atoms with van der Waals surface area (Å²) in [5, 5.41) is 0.616. The quantitative estimate of drug-likeness (QED) is 0.313. The van der Waals surface area contributed by atoms with Gasteiger partial charge in [-0.2, -0.15) is 0 Å². The van der Waals surface area contributed by atoms with E-state index in [4.69, 9.17) is 11.6 Å². The van der Waals surface area contributed by atoms with Crippen LogP contribution in [-0.4, -0.2) is 6.29 Å². The Kier molecular flexibility index (Phi) is 3.17. The van der Waals surface area contributed by atoms with E-state index in [2.05, 4.69) is 17.6 Å². The minimum absolute atomic E-state index is 0.544. The van der Waals surface area contributed by atoms with Crippen molar-refractivity contribution in [2.75, 3.05) is 0 Å². The molecule has 0 saturated carbocycles.